The molecule has 1 aromatic rings. The van der Waals surface area contributed by atoms with E-state index in [9.17, 15) is 0 Å². The topological polar surface area (TPSA) is 47.5 Å². The molecule has 0 aliphatic carbocycles. The molecule has 0 aromatic carbocycles. The average Bonchev–Trinajstić information content (AvgIpc) is 2.48. The van der Waals surface area contributed by atoms with E-state index in [4.69, 9.17) is 9.47 Å². The maximum atomic E-state index is 5.75. The monoisotopic (exact) mass is 283 g/mol. The lowest BCUT2D eigenvalue weighted by Crippen LogP contribution is -2.38. The molecule has 19 heavy (non-hydrogen) atoms. The lowest BCUT2D eigenvalue weighted by molar-refractivity contribution is 0.00603. The molecule has 6 heteroatoms. The third-order valence-corrected chi connectivity index (χ3v) is 3.88. The summed E-state index contributed by atoms with van der Waals surface area (Å²) in [7, 11) is 1.70. The molecule has 5 nitrogen and oxygen atoms in total. The summed E-state index contributed by atoms with van der Waals surface area (Å²) in [5, 5.41) is 9.40. The van der Waals surface area contributed by atoms with Crippen molar-refractivity contribution in [3.8, 4) is 0 Å². The van der Waals surface area contributed by atoms with E-state index < -0.39 is 0 Å². The fourth-order valence-corrected chi connectivity index (χ4v) is 2.47. The molecule has 0 bridgehead atoms. The Kier molecular flexibility index (Phi) is 5.88. The predicted molar refractivity (Wildman–Crippen MR) is 76.9 cm³/mol. The molecular formula is C13H21N3O2S. The Hall–Kier alpha value is -0.850. The molecule has 1 fully saturated rings. The molecule has 0 unspecified atom stereocenters. The van der Waals surface area contributed by atoms with Crippen LogP contribution in [0.3, 0.4) is 0 Å². The van der Waals surface area contributed by atoms with Gasteiger partial charge < -0.3 is 14.4 Å². The fourth-order valence-electron chi connectivity index (χ4n) is 2.14. The molecule has 2 rings (SSSR count). The minimum Gasteiger partial charge on any atom is -0.382 e. The van der Waals surface area contributed by atoms with E-state index in [0.29, 0.717) is 19.3 Å². The van der Waals surface area contributed by atoms with Gasteiger partial charge in [0.15, 0.2) is 5.82 Å². The summed E-state index contributed by atoms with van der Waals surface area (Å²) >= 11 is 1.61. The number of hydrogen-bond acceptors (Lipinski definition) is 6. The highest BCUT2D eigenvalue weighted by atomic mass is 32.2. The van der Waals surface area contributed by atoms with Crippen molar-refractivity contribution in [1.82, 2.24) is 10.2 Å². The van der Waals surface area contributed by atoms with E-state index in [1.54, 1.807) is 18.9 Å². The minimum atomic E-state index is 0.352. The number of thioether (sulfide) groups is 1. The molecule has 0 amide bonds. The zero-order chi connectivity index (χ0) is 13.5. The highest BCUT2D eigenvalue weighted by molar-refractivity contribution is 7.98. The van der Waals surface area contributed by atoms with Crippen molar-refractivity contribution in [2.45, 2.75) is 24.0 Å². The number of ether oxygens (including phenoxy) is 2. The maximum absolute atomic E-state index is 5.75. The standard InChI is InChI=1S/C13H21N3O2S/c1-17-9-10-18-11-5-7-16(8-6-11)12-3-4-13(19-2)15-14-12/h3-4,11H,5-10H2,1-2H3. The molecule has 1 aliphatic rings. The normalized spacial score (nSPS) is 16.8. The van der Waals surface area contributed by atoms with Gasteiger partial charge in [-0.2, -0.15) is 0 Å². The fraction of sp³-hybridized carbons (Fsp3) is 0.692. The molecule has 106 valence electrons. The van der Waals surface area contributed by atoms with Gasteiger partial charge in [-0.15, -0.1) is 22.0 Å². The number of hydrogen-bond donors (Lipinski definition) is 0. The lowest BCUT2D eigenvalue weighted by Gasteiger charge is -2.32. The van der Waals surface area contributed by atoms with Gasteiger partial charge in [0.25, 0.3) is 0 Å². The molecule has 1 aliphatic heterocycles. The van der Waals surface area contributed by atoms with Crippen molar-refractivity contribution in [2.75, 3.05) is 44.6 Å². The van der Waals surface area contributed by atoms with Crippen LogP contribution in [0.2, 0.25) is 0 Å². The van der Waals surface area contributed by atoms with Crippen LogP contribution in [0.5, 0.6) is 0 Å². The van der Waals surface area contributed by atoms with E-state index in [-0.39, 0.29) is 0 Å². The molecular weight excluding hydrogens is 262 g/mol. The van der Waals surface area contributed by atoms with Gasteiger partial charge in [0.05, 0.1) is 19.3 Å². The molecule has 1 saturated heterocycles. The van der Waals surface area contributed by atoms with Crippen molar-refractivity contribution >= 4 is 17.6 Å². The largest absolute Gasteiger partial charge is 0.382 e. The van der Waals surface area contributed by atoms with Crippen LogP contribution in [0.25, 0.3) is 0 Å². The first-order valence-electron chi connectivity index (χ1n) is 6.56. The van der Waals surface area contributed by atoms with E-state index >= 15 is 0 Å². The van der Waals surface area contributed by atoms with E-state index in [2.05, 4.69) is 15.1 Å². The first-order chi connectivity index (χ1) is 9.33. The molecule has 0 saturated carbocycles. The quantitative estimate of drug-likeness (QED) is 0.586. The second-order valence-corrected chi connectivity index (χ2v) is 5.31. The zero-order valence-electron chi connectivity index (χ0n) is 11.5. The first-order valence-corrected chi connectivity index (χ1v) is 7.79. The first kappa shape index (κ1) is 14.6. The van der Waals surface area contributed by atoms with E-state index in [1.807, 2.05) is 18.4 Å². The van der Waals surface area contributed by atoms with Gasteiger partial charge in [0.1, 0.15) is 5.03 Å². The molecule has 0 radical (unpaired) electrons. The number of nitrogens with zero attached hydrogens (tertiary/aromatic N) is 3. The average molecular weight is 283 g/mol. The SMILES string of the molecule is COCCOC1CCN(c2ccc(SC)nn2)CC1. The van der Waals surface area contributed by atoms with Crippen LogP contribution in [0.1, 0.15) is 12.8 Å². The van der Waals surface area contributed by atoms with Crippen LogP contribution < -0.4 is 4.90 Å². The lowest BCUT2D eigenvalue weighted by atomic mass is 10.1. The second-order valence-electron chi connectivity index (χ2n) is 4.48. The van der Waals surface area contributed by atoms with Crippen molar-refractivity contribution in [3.63, 3.8) is 0 Å². The summed E-state index contributed by atoms with van der Waals surface area (Å²) in [4.78, 5) is 2.27. The highest BCUT2D eigenvalue weighted by Crippen LogP contribution is 2.20. The Labute approximate surface area is 118 Å². The number of rotatable bonds is 6. The zero-order valence-corrected chi connectivity index (χ0v) is 12.4. The van der Waals surface area contributed by atoms with E-state index in [0.717, 1.165) is 36.8 Å². The van der Waals surface area contributed by atoms with Gasteiger partial charge in [-0.25, -0.2) is 0 Å². The van der Waals surface area contributed by atoms with Gasteiger partial charge in [-0.05, 0) is 31.2 Å². The summed E-state index contributed by atoms with van der Waals surface area (Å²) in [6, 6.07) is 4.07. The predicted octanol–water partition coefficient (Wildman–Crippen LogP) is 1.83. The van der Waals surface area contributed by atoms with Gasteiger partial charge in [0, 0.05) is 20.2 Å². The molecule has 0 spiro atoms. The van der Waals surface area contributed by atoms with Crippen molar-refractivity contribution in [3.05, 3.63) is 12.1 Å². The Balaban J connectivity index is 1.78. The van der Waals surface area contributed by atoms with Crippen LogP contribution in [0, 0.1) is 0 Å². The van der Waals surface area contributed by atoms with Gasteiger partial charge in [-0.3, -0.25) is 0 Å². The summed E-state index contributed by atoms with van der Waals surface area (Å²) in [5.74, 6) is 0.966. The minimum absolute atomic E-state index is 0.352. The van der Waals surface area contributed by atoms with Crippen LogP contribution in [-0.4, -0.2) is 56.0 Å². The molecule has 2 heterocycles. The number of piperidine rings is 1. The van der Waals surface area contributed by atoms with Gasteiger partial charge >= 0.3 is 0 Å². The Bertz CT molecular complexity index is 367. The number of anilines is 1. The third kappa shape index (κ3) is 4.33. The van der Waals surface area contributed by atoms with Crippen molar-refractivity contribution in [1.29, 1.82) is 0 Å². The van der Waals surface area contributed by atoms with E-state index in [1.165, 1.54) is 0 Å². The summed E-state index contributed by atoms with van der Waals surface area (Å²) in [5.41, 5.74) is 0. The molecule has 0 atom stereocenters. The molecule has 1 aromatic heterocycles. The Morgan fingerprint density at radius 1 is 1.26 bits per heavy atom. The highest BCUT2D eigenvalue weighted by Gasteiger charge is 2.20. The van der Waals surface area contributed by atoms with Crippen molar-refractivity contribution < 1.29 is 9.47 Å². The van der Waals surface area contributed by atoms with Gasteiger partial charge in [0.2, 0.25) is 0 Å². The van der Waals surface area contributed by atoms with Crippen molar-refractivity contribution in [2.24, 2.45) is 0 Å². The summed E-state index contributed by atoms with van der Waals surface area (Å²) < 4.78 is 10.7. The Morgan fingerprint density at radius 2 is 2.05 bits per heavy atom. The summed E-state index contributed by atoms with van der Waals surface area (Å²) in [6.07, 6.45) is 4.43. The maximum Gasteiger partial charge on any atom is 0.151 e. The van der Waals surface area contributed by atoms with Crippen LogP contribution in [0.15, 0.2) is 17.2 Å². The van der Waals surface area contributed by atoms with Crippen LogP contribution in [-0.2, 0) is 9.47 Å². The second kappa shape index (κ2) is 7.67. The Morgan fingerprint density at radius 3 is 2.63 bits per heavy atom. The van der Waals surface area contributed by atoms with Crippen LogP contribution in [0.4, 0.5) is 5.82 Å². The van der Waals surface area contributed by atoms with Crippen LogP contribution >= 0.6 is 11.8 Å². The molecule has 0 N–H and O–H groups in total. The number of methoxy groups -OCH3 is 1. The number of aromatic nitrogens is 2. The smallest absolute Gasteiger partial charge is 0.151 e. The summed E-state index contributed by atoms with van der Waals surface area (Å²) in [6.45, 7) is 3.31. The third-order valence-electron chi connectivity index (χ3n) is 3.24. The van der Waals surface area contributed by atoms with Gasteiger partial charge in [-0.1, -0.05) is 0 Å².